The monoisotopic (exact) mass is 446 g/mol. The summed E-state index contributed by atoms with van der Waals surface area (Å²) in [5.74, 6) is -0.0265. The molecule has 0 saturated carbocycles. The van der Waals surface area contributed by atoms with E-state index in [1.54, 1.807) is 6.08 Å². The first-order valence-electron chi connectivity index (χ1n) is 12.1. The molecule has 174 valence electrons. The third kappa shape index (κ3) is 6.11. The van der Waals surface area contributed by atoms with Crippen LogP contribution in [0.2, 0.25) is 0 Å². The number of rotatable bonds is 8. The lowest BCUT2D eigenvalue weighted by molar-refractivity contribution is -0.134. The van der Waals surface area contributed by atoms with E-state index in [-0.39, 0.29) is 23.8 Å². The van der Waals surface area contributed by atoms with Crippen LogP contribution in [0.4, 0.5) is 0 Å². The number of carbonyl (C=O) groups is 2. The summed E-state index contributed by atoms with van der Waals surface area (Å²) in [5.41, 5.74) is 3.41. The minimum absolute atomic E-state index is 0.106. The zero-order valence-corrected chi connectivity index (χ0v) is 19.3. The van der Waals surface area contributed by atoms with Crippen molar-refractivity contribution in [3.63, 3.8) is 0 Å². The van der Waals surface area contributed by atoms with Gasteiger partial charge < -0.3 is 14.5 Å². The normalized spacial score (nSPS) is 21.2. The first-order chi connectivity index (χ1) is 16.1. The molecule has 33 heavy (non-hydrogen) atoms. The molecule has 0 spiro atoms. The second-order valence-corrected chi connectivity index (χ2v) is 9.05. The summed E-state index contributed by atoms with van der Waals surface area (Å²) in [5, 5.41) is 0. The average molecular weight is 447 g/mol. The molecular weight excluding hydrogens is 412 g/mol. The van der Waals surface area contributed by atoms with Gasteiger partial charge >= 0.3 is 0 Å². The highest BCUT2D eigenvalue weighted by molar-refractivity contribution is 5.82. The van der Waals surface area contributed by atoms with Crippen LogP contribution in [0.15, 0.2) is 67.3 Å². The highest BCUT2D eigenvalue weighted by Crippen LogP contribution is 2.24. The number of hydrogen-bond donors (Lipinski definition) is 0. The van der Waals surface area contributed by atoms with Crippen LogP contribution in [-0.2, 0) is 20.7 Å². The van der Waals surface area contributed by atoms with Gasteiger partial charge in [0, 0.05) is 39.2 Å². The van der Waals surface area contributed by atoms with Crippen molar-refractivity contribution in [2.45, 2.75) is 38.2 Å². The van der Waals surface area contributed by atoms with Gasteiger partial charge in [-0.15, -0.1) is 6.58 Å². The lowest BCUT2D eigenvalue weighted by atomic mass is 9.94. The van der Waals surface area contributed by atoms with Crippen molar-refractivity contribution in [3.05, 3.63) is 72.8 Å². The van der Waals surface area contributed by atoms with Crippen LogP contribution >= 0.6 is 0 Å². The second kappa shape index (κ2) is 11.3. The molecule has 2 amide bonds. The number of nitrogens with zero attached hydrogens (tertiary/aromatic N) is 2. The Morgan fingerprint density at radius 1 is 1.09 bits per heavy atom. The average Bonchev–Trinajstić information content (AvgIpc) is 3.32. The summed E-state index contributed by atoms with van der Waals surface area (Å²) in [4.78, 5) is 30.1. The van der Waals surface area contributed by atoms with Crippen LogP contribution in [0, 0.1) is 5.92 Å². The SMILES string of the molecule is C=CCN1CCN(C(=O)CC[C@H]2CCCO2)C[C@@H](Cc2cccc(-c3ccccc3)c2)C1=O. The van der Waals surface area contributed by atoms with Crippen LogP contribution in [0.1, 0.15) is 31.2 Å². The molecule has 5 heteroatoms. The minimum Gasteiger partial charge on any atom is -0.378 e. The smallest absolute Gasteiger partial charge is 0.228 e. The first kappa shape index (κ1) is 23.2. The molecule has 0 aromatic heterocycles. The second-order valence-electron chi connectivity index (χ2n) is 9.05. The van der Waals surface area contributed by atoms with Gasteiger partial charge in [-0.2, -0.15) is 0 Å². The Labute approximate surface area is 197 Å². The Bertz CT molecular complexity index is 953. The van der Waals surface area contributed by atoms with E-state index in [4.69, 9.17) is 4.74 Å². The van der Waals surface area contributed by atoms with Gasteiger partial charge in [0.05, 0.1) is 12.0 Å². The number of amides is 2. The predicted molar refractivity (Wildman–Crippen MR) is 131 cm³/mol. The van der Waals surface area contributed by atoms with E-state index in [1.165, 1.54) is 0 Å². The molecule has 2 aliphatic rings. The summed E-state index contributed by atoms with van der Waals surface area (Å²) < 4.78 is 5.69. The van der Waals surface area contributed by atoms with Gasteiger partial charge in [0.2, 0.25) is 11.8 Å². The van der Waals surface area contributed by atoms with Crippen molar-refractivity contribution in [1.29, 1.82) is 0 Å². The third-order valence-electron chi connectivity index (χ3n) is 6.66. The number of hydrogen-bond acceptors (Lipinski definition) is 3. The first-order valence-corrected chi connectivity index (χ1v) is 12.1. The fourth-order valence-electron chi connectivity index (χ4n) is 4.87. The molecule has 0 bridgehead atoms. The Balaban J connectivity index is 1.48. The lowest BCUT2D eigenvalue weighted by Crippen LogP contribution is -2.38. The molecule has 5 nitrogen and oxygen atoms in total. The predicted octanol–water partition coefficient (Wildman–Crippen LogP) is 4.33. The van der Waals surface area contributed by atoms with Gasteiger partial charge in [0.15, 0.2) is 0 Å². The molecule has 4 rings (SSSR count). The van der Waals surface area contributed by atoms with E-state index in [0.717, 1.165) is 42.6 Å². The molecule has 2 heterocycles. The van der Waals surface area contributed by atoms with E-state index in [2.05, 4.69) is 36.9 Å². The highest BCUT2D eigenvalue weighted by Gasteiger charge is 2.32. The van der Waals surface area contributed by atoms with Gasteiger partial charge in [-0.25, -0.2) is 0 Å². The molecule has 0 unspecified atom stereocenters. The third-order valence-corrected chi connectivity index (χ3v) is 6.66. The van der Waals surface area contributed by atoms with Gasteiger partial charge in [0.25, 0.3) is 0 Å². The summed E-state index contributed by atoms with van der Waals surface area (Å²) in [6.07, 6.45) is 5.95. The molecular formula is C28H34N2O3. The van der Waals surface area contributed by atoms with Crippen LogP contribution in [0.25, 0.3) is 11.1 Å². The maximum atomic E-state index is 13.4. The fourth-order valence-corrected chi connectivity index (χ4v) is 4.87. The van der Waals surface area contributed by atoms with Crippen molar-refractivity contribution in [2.24, 2.45) is 5.92 Å². The van der Waals surface area contributed by atoms with Crippen molar-refractivity contribution < 1.29 is 14.3 Å². The van der Waals surface area contributed by atoms with E-state index in [1.807, 2.05) is 34.1 Å². The summed E-state index contributed by atoms with van der Waals surface area (Å²) >= 11 is 0. The molecule has 2 atom stereocenters. The van der Waals surface area contributed by atoms with Crippen molar-refractivity contribution in [1.82, 2.24) is 9.80 Å². The minimum atomic E-state index is -0.259. The zero-order valence-electron chi connectivity index (χ0n) is 19.3. The maximum absolute atomic E-state index is 13.4. The largest absolute Gasteiger partial charge is 0.378 e. The Hall–Kier alpha value is -2.92. The molecule has 2 saturated heterocycles. The summed E-state index contributed by atoms with van der Waals surface area (Å²) in [6, 6.07) is 18.6. The Morgan fingerprint density at radius 2 is 1.91 bits per heavy atom. The molecule has 2 aliphatic heterocycles. The van der Waals surface area contributed by atoms with Gasteiger partial charge in [-0.05, 0) is 42.4 Å². The molecule has 2 fully saturated rings. The maximum Gasteiger partial charge on any atom is 0.228 e. The van der Waals surface area contributed by atoms with Crippen molar-refractivity contribution in [3.8, 4) is 11.1 Å². The zero-order chi connectivity index (χ0) is 23.0. The molecule has 2 aromatic rings. The molecule has 0 radical (unpaired) electrons. The number of benzene rings is 2. The number of ether oxygens (including phenoxy) is 1. The number of carbonyl (C=O) groups excluding carboxylic acids is 2. The quantitative estimate of drug-likeness (QED) is 0.567. The standard InChI is InChI=1S/C28H34N2O3/c1-2-15-29-16-17-30(27(31)14-13-26-12-7-18-33-26)21-25(28(29)32)20-22-8-6-11-24(19-22)23-9-4-3-5-10-23/h2-6,8-11,19,25-26H,1,7,12-18,20-21H2/t25-,26-/m1/s1. The van der Waals surface area contributed by atoms with Crippen molar-refractivity contribution >= 4 is 11.8 Å². The summed E-state index contributed by atoms with van der Waals surface area (Å²) in [7, 11) is 0. The Morgan fingerprint density at radius 3 is 2.67 bits per heavy atom. The molecule has 0 aliphatic carbocycles. The highest BCUT2D eigenvalue weighted by atomic mass is 16.5. The lowest BCUT2D eigenvalue weighted by Gasteiger charge is -2.24. The topological polar surface area (TPSA) is 49.9 Å². The van der Waals surface area contributed by atoms with Gasteiger partial charge in [-0.3, -0.25) is 9.59 Å². The van der Waals surface area contributed by atoms with E-state index >= 15 is 0 Å². The Kier molecular flexibility index (Phi) is 7.95. The fraction of sp³-hybridized carbons (Fsp3) is 0.429. The van der Waals surface area contributed by atoms with Gasteiger partial charge in [-0.1, -0.05) is 60.7 Å². The van der Waals surface area contributed by atoms with Crippen molar-refractivity contribution in [2.75, 3.05) is 32.8 Å². The van der Waals surface area contributed by atoms with E-state index in [9.17, 15) is 9.59 Å². The van der Waals surface area contributed by atoms with E-state index < -0.39 is 0 Å². The van der Waals surface area contributed by atoms with Crippen LogP contribution in [0.3, 0.4) is 0 Å². The van der Waals surface area contributed by atoms with E-state index in [0.29, 0.717) is 39.0 Å². The van der Waals surface area contributed by atoms with Crippen LogP contribution in [0.5, 0.6) is 0 Å². The van der Waals surface area contributed by atoms with Gasteiger partial charge in [0.1, 0.15) is 0 Å². The molecule has 0 N–H and O–H groups in total. The molecule has 2 aromatic carbocycles. The summed E-state index contributed by atoms with van der Waals surface area (Å²) in [6.45, 7) is 6.72. The van der Waals surface area contributed by atoms with Crippen LogP contribution in [-0.4, -0.2) is 60.5 Å². The van der Waals surface area contributed by atoms with Crippen LogP contribution < -0.4 is 0 Å².